The van der Waals surface area contributed by atoms with Crippen LogP contribution in [0.15, 0.2) is 30.5 Å². The Morgan fingerprint density at radius 2 is 2.24 bits per heavy atom. The largest absolute Gasteiger partial charge is 0.352 e. The first kappa shape index (κ1) is 14.0. The maximum absolute atomic E-state index is 13.8. The molecule has 1 saturated carbocycles. The Balaban J connectivity index is 1.48. The Morgan fingerprint density at radius 3 is 2.95 bits per heavy atom. The summed E-state index contributed by atoms with van der Waals surface area (Å²) in [7, 11) is 0. The molecule has 1 aliphatic carbocycles. The molecule has 21 heavy (non-hydrogen) atoms. The number of carbonyl (C=O) groups is 1. The molecule has 1 heterocycles. The van der Waals surface area contributed by atoms with Crippen LogP contribution in [-0.4, -0.2) is 34.4 Å². The molecule has 0 saturated heterocycles. The predicted molar refractivity (Wildman–Crippen MR) is 78.3 cm³/mol. The van der Waals surface area contributed by atoms with Gasteiger partial charge in [0.25, 0.3) is 5.91 Å². The zero-order valence-electron chi connectivity index (χ0n) is 11.7. The smallest absolute Gasteiger partial charge is 0.254 e. The van der Waals surface area contributed by atoms with Crippen molar-refractivity contribution in [1.29, 1.82) is 0 Å². The van der Waals surface area contributed by atoms with Crippen molar-refractivity contribution >= 4 is 16.8 Å². The SMILES string of the molecule is NC1CC(C(F)C(=O)NCCn2cc3ccccc3n2)C1. The van der Waals surface area contributed by atoms with E-state index in [-0.39, 0.29) is 12.0 Å². The van der Waals surface area contributed by atoms with Crippen LogP contribution < -0.4 is 11.1 Å². The number of aromatic nitrogens is 2. The Morgan fingerprint density at radius 1 is 1.48 bits per heavy atom. The number of benzene rings is 1. The highest BCUT2D eigenvalue weighted by molar-refractivity contribution is 5.81. The van der Waals surface area contributed by atoms with Gasteiger partial charge in [-0.25, -0.2) is 4.39 Å². The lowest BCUT2D eigenvalue weighted by atomic mass is 9.77. The molecule has 3 N–H and O–H groups in total. The number of nitrogens with one attached hydrogen (secondary N) is 1. The second kappa shape index (κ2) is 5.81. The first-order chi connectivity index (χ1) is 10.1. The number of alkyl halides is 1. The van der Waals surface area contributed by atoms with Gasteiger partial charge in [-0.3, -0.25) is 9.48 Å². The number of nitrogens with zero attached hydrogens (tertiary/aromatic N) is 2. The van der Waals surface area contributed by atoms with Gasteiger partial charge in [-0.05, 0) is 18.9 Å². The van der Waals surface area contributed by atoms with Gasteiger partial charge in [0.2, 0.25) is 0 Å². The lowest BCUT2D eigenvalue weighted by molar-refractivity contribution is -0.129. The van der Waals surface area contributed by atoms with Gasteiger partial charge in [0, 0.05) is 30.1 Å². The zero-order valence-corrected chi connectivity index (χ0v) is 11.7. The van der Waals surface area contributed by atoms with Crippen molar-refractivity contribution in [2.45, 2.75) is 31.6 Å². The number of rotatable bonds is 5. The Hall–Kier alpha value is -1.95. The third kappa shape index (κ3) is 3.05. The fraction of sp³-hybridized carbons (Fsp3) is 0.467. The van der Waals surface area contributed by atoms with Crippen molar-refractivity contribution in [3.05, 3.63) is 30.5 Å². The Kier molecular flexibility index (Phi) is 3.88. The maximum atomic E-state index is 13.8. The maximum Gasteiger partial charge on any atom is 0.254 e. The molecule has 1 unspecified atom stereocenters. The summed E-state index contributed by atoms with van der Waals surface area (Å²) in [5.74, 6) is -0.754. The van der Waals surface area contributed by atoms with Crippen LogP contribution in [0.5, 0.6) is 0 Å². The van der Waals surface area contributed by atoms with E-state index in [9.17, 15) is 9.18 Å². The topological polar surface area (TPSA) is 72.9 Å². The third-order valence-corrected chi connectivity index (χ3v) is 3.98. The molecule has 0 radical (unpaired) electrons. The standard InChI is InChI=1S/C15H19FN4O/c16-14(11-7-12(17)8-11)15(21)18-5-6-20-9-10-3-1-2-4-13(10)19-20/h1-4,9,11-12,14H,5-8,17H2,(H,18,21). The van der Waals surface area contributed by atoms with Gasteiger partial charge in [-0.1, -0.05) is 18.2 Å². The van der Waals surface area contributed by atoms with E-state index in [0.29, 0.717) is 25.9 Å². The van der Waals surface area contributed by atoms with Crippen molar-refractivity contribution in [2.24, 2.45) is 11.7 Å². The van der Waals surface area contributed by atoms with E-state index < -0.39 is 12.1 Å². The predicted octanol–water partition coefficient (Wildman–Crippen LogP) is 1.23. The minimum Gasteiger partial charge on any atom is -0.352 e. The van der Waals surface area contributed by atoms with E-state index in [0.717, 1.165) is 10.9 Å². The van der Waals surface area contributed by atoms with E-state index >= 15 is 0 Å². The van der Waals surface area contributed by atoms with Gasteiger partial charge < -0.3 is 11.1 Å². The molecule has 112 valence electrons. The van der Waals surface area contributed by atoms with E-state index in [1.165, 1.54) is 0 Å². The summed E-state index contributed by atoms with van der Waals surface area (Å²) in [6.07, 6.45) is 1.67. The number of fused-ring (bicyclic) bond motifs is 1. The molecule has 1 amide bonds. The van der Waals surface area contributed by atoms with Gasteiger partial charge in [0.15, 0.2) is 6.17 Å². The lowest BCUT2D eigenvalue weighted by Gasteiger charge is -2.33. The molecule has 2 aromatic rings. The minimum absolute atomic E-state index is 0.0533. The number of halogens is 1. The summed E-state index contributed by atoms with van der Waals surface area (Å²) in [6, 6.07) is 7.85. The first-order valence-corrected chi connectivity index (χ1v) is 7.23. The zero-order chi connectivity index (χ0) is 14.8. The van der Waals surface area contributed by atoms with E-state index in [2.05, 4.69) is 10.4 Å². The van der Waals surface area contributed by atoms with Gasteiger partial charge >= 0.3 is 0 Å². The Labute approximate surface area is 122 Å². The van der Waals surface area contributed by atoms with Gasteiger partial charge in [0.05, 0.1) is 12.1 Å². The number of hydrogen-bond acceptors (Lipinski definition) is 3. The fourth-order valence-electron chi connectivity index (χ4n) is 2.68. The second-order valence-corrected chi connectivity index (χ2v) is 5.64. The van der Waals surface area contributed by atoms with Gasteiger partial charge in [0.1, 0.15) is 0 Å². The van der Waals surface area contributed by atoms with Crippen LogP contribution in [0, 0.1) is 5.92 Å². The van der Waals surface area contributed by atoms with Gasteiger partial charge in [-0.15, -0.1) is 0 Å². The van der Waals surface area contributed by atoms with Crippen LogP contribution in [-0.2, 0) is 11.3 Å². The molecule has 1 aromatic heterocycles. The number of amides is 1. The summed E-state index contributed by atoms with van der Waals surface area (Å²) in [5, 5.41) is 8.06. The summed E-state index contributed by atoms with van der Waals surface area (Å²) in [4.78, 5) is 11.7. The molecular weight excluding hydrogens is 271 g/mol. The lowest BCUT2D eigenvalue weighted by Crippen LogP contribution is -2.47. The molecule has 1 aliphatic rings. The van der Waals surface area contributed by atoms with Crippen molar-refractivity contribution in [3.8, 4) is 0 Å². The number of nitrogens with two attached hydrogens (primary N) is 1. The van der Waals surface area contributed by atoms with E-state index in [1.54, 1.807) is 4.68 Å². The van der Waals surface area contributed by atoms with Crippen LogP contribution >= 0.6 is 0 Å². The monoisotopic (exact) mass is 290 g/mol. The van der Waals surface area contributed by atoms with Crippen LogP contribution in [0.25, 0.3) is 10.9 Å². The van der Waals surface area contributed by atoms with E-state index in [4.69, 9.17) is 5.73 Å². The van der Waals surface area contributed by atoms with Crippen molar-refractivity contribution in [3.63, 3.8) is 0 Å². The average molecular weight is 290 g/mol. The molecule has 0 aliphatic heterocycles. The minimum atomic E-state index is -1.44. The molecule has 6 heteroatoms. The Bertz CT molecular complexity index is 602. The summed E-state index contributed by atoms with van der Waals surface area (Å²) < 4.78 is 15.6. The summed E-state index contributed by atoms with van der Waals surface area (Å²) >= 11 is 0. The highest BCUT2D eigenvalue weighted by atomic mass is 19.1. The highest BCUT2D eigenvalue weighted by Gasteiger charge is 2.36. The van der Waals surface area contributed by atoms with Crippen LogP contribution in [0.3, 0.4) is 0 Å². The number of hydrogen-bond donors (Lipinski definition) is 2. The fourth-order valence-corrected chi connectivity index (χ4v) is 2.68. The molecule has 5 nitrogen and oxygen atoms in total. The quantitative estimate of drug-likeness (QED) is 0.870. The van der Waals surface area contributed by atoms with Crippen LogP contribution in [0.2, 0.25) is 0 Å². The molecule has 1 atom stereocenters. The first-order valence-electron chi connectivity index (χ1n) is 7.23. The molecular formula is C15H19FN4O. The van der Waals surface area contributed by atoms with Crippen molar-refractivity contribution in [1.82, 2.24) is 15.1 Å². The van der Waals surface area contributed by atoms with Crippen LogP contribution in [0.1, 0.15) is 12.8 Å². The molecule has 0 spiro atoms. The second-order valence-electron chi connectivity index (χ2n) is 5.64. The normalized spacial score (nSPS) is 22.8. The highest BCUT2D eigenvalue weighted by Crippen LogP contribution is 2.30. The van der Waals surface area contributed by atoms with Crippen molar-refractivity contribution in [2.75, 3.05) is 6.54 Å². The van der Waals surface area contributed by atoms with Crippen LogP contribution in [0.4, 0.5) is 4.39 Å². The molecule has 1 aromatic carbocycles. The van der Waals surface area contributed by atoms with Gasteiger partial charge in [-0.2, -0.15) is 5.10 Å². The summed E-state index contributed by atoms with van der Waals surface area (Å²) in [5.41, 5.74) is 6.52. The summed E-state index contributed by atoms with van der Waals surface area (Å²) in [6.45, 7) is 0.892. The molecule has 1 fully saturated rings. The molecule has 0 bridgehead atoms. The molecule has 3 rings (SSSR count). The third-order valence-electron chi connectivity index (χ3n) is 3.98. The number of carbonyl (C=O) groups excluding carboxylic acids is 1. The van der Waals surface area contributed by atoms with Crippen molar-refractivity contribution < 1.29 is 9.18 Å². The van der Waals surface area contributed by atoms with E-state index in [1.807, 2.05) is 30.5 Å². The average Bonchev–Trinajstić information content (AvgIpc) is 2.85.